The molecule has 0 N–H and O–H groups in total. The van der Waals surface area contributed by atoms with Gasteiger partial charge < -0.3 is 9.64 Å². The Morgan fingerprint density at radius 3 is 3.06 bits per heavy atom. The van der Waals surface area contributed by atoms with E-state index >= 15 is 0 Å². The molecule has 0 atom stereocenters. The van der Waals surface area contributed by atoms with Crippen LogP contribution in [-0.4, -0.2) is 31.2 Å². The van der Waals surface area contributed by atoms with E-state index in [2.05, 4.69) is 4.98 Å². The quantitative estimate of drug-likeness (QED) is 0.705. The van der Waals surface area contributed by atoms with Gasteiger partial charge in [-0.05, 0) is 13.0 Å². The molecule has 0 aliphatic rings. The molecular formula is C11H13N3O2. The Labute approximate surface area is 94.3 Å². The van der Waals surface area contributed by atoms with Gasteiger partial charge in [0.1, 0.15) is 12.6 Å². The molecule has 1 heterocycles. The van der Waals surface area contributed by atoms with E-state index in [4.69, 9.17) is 10.00 Å². The fraction of sp³-hybridized carbons (Fsp3) is 0.364. The molecule has 0 saturated heterocycles. The van der Waals surface area contributed by atoms with Crippen molar-refractivity contribution in [3.63, 3.8) is 0 Å². The van der Waals surface area contributed by atoms with Crippen LogP contribution in [0, 0.1) is 11.3 Å². The predicted molar refractivity (Wildman–Crippen MR) is 58.9 cm³/mol. The Morgan fingerprint density at radius 1 is 1.69 bits per heavy atom. The number of hydrogen-bond acceptors (Lipinski definition) is 5. The zero-order valence-electron chi connectivity index (χ0n) is 9.30. The van der Waals surface area contributed by atoms with Crippen LogP contribution < -0.4 is 4.90 Å². The van der Waals surface area contributed by atoms with Crippen LogP contribution in [0.25, 0.3) is 0 Å². The highest BCUT2D eigenvalue weighted by atomic mass is 16.5. The van der Waals surface area contributed by atoms with E-state index in [0.717, 1.165) is 0 Å². The van der Waals surface area contributed by atoms with Crippen molar-refractivity contribution in [1.29, 1.82) is 5.26 Å². The second-order valence-corrected chi connectivity index (χ2v) is 3.17. The van der Waals surface area contributed by atoms with Crippen molar-refractivity contribution in [2.75, 3.05) is 25.1 Å². The molecule has 0 bridgehead atoms. The molecule has 0 unspecified atom stereocenters. The average molecular weight is 219 g/mol. The molecule has 5 nitrogen and oxygen atoms in total. The topological polar surface area (TPSA) is 66.2 Å². The minimum absolute atomic E-state index is 0.105. The number of pyridine rings is 1. The Morgan fingerprint density at radius 2 is 2.44 bits per heavy atom. The molecule has 84 valence electrons. The largest absolute Gasteiger partial charge is 0.465 e. The SMILES string of the molecule is CCOC(=O)CN(C)c1cnccc1C#N. The van der Waals surface area contributed by atoms with Gasteiger partial charge in [-0.15, -0.1) is 0 Å². The molecule has 0 radical (unpaired) electrons. The molecule has 0 fully saturated rings. The Bertz CT molecular complexity index is 412. The molecule has 0 aliphatic heterocycles. The Balaban J connectivity index is 2.77. The predicted octanol–water partition coefficient (Wildman–Crippen LogP) is 0.953. The van der Waals surface area contributed by atoms with Gasteiger partial charge >= 0.3 is 5.97 Å². The molecule has 1 aromatic heterocycles. The van der Waals surface area contributed by atoms with E-state index in [9.17, 15) is 4.79 Å². The lowest BCUT2D eigenvalue weighted by atomic mass is 10.2. The van der Waals surface area contributed by atoms with Crippen LogP contribution in [0.5, 0.6) is 0 Å². The van der Waals surface area contributed by atoms with Gasteiger partial charge in [-0.3, -0.25) is 9.78 Å². The summed E-state index contributed by atoms with van der Waals surface area (Å²) in [4.78, 5) is 16.8. The lowest BCUT2D eigenvalue weighted by molar-refractivity contribution is -0.141. The lowest BCUT2D eigenvalue weighted by Gasteiger charge is -2.18. The second kappa shape index (κ2) is 5.71. The van der Waals surface area contributed by atoms with Crippen molar-refractivity contribution in [3.8, 4) is 6.07 Å². The number of ether oxygens (including phenoxy) is 1. The highest BCUT2D eigenvalue weighted by Gasteiger charge is 2.11. The summed E-state index contributed by atoms with van der Waals surface area (Å²) in [7, 11) is 1.72. The van der Waals surface area contributed by atoms with Crippen LogP contribution >= 0.6 is 0 Å². The van der Waals surface area contributed by atoms with E-state index in [1.54, 1.807) is 37.3 Å². The van der Waals surface area contributed by atoms with Crippen LogP contribution in [0.3, 0.4) is 0 Å². The van der Waals surface area contributed by atoms with Crippen LogP contribution in [0.15, 0.2) is 18.5 Å². The summed E-state index contributed by atoms with van der Waals surface area (Å²) < 4.78 is 4.82. The zero-order valence-corrected chi connectivity index (χ0v) is 9.30. The van der Waals surface area contributed by atoms with Crippen LogP contribution in [0.1, 0.15) is 12.5 Å². The third kappa shape index (κ3) is 2.95. The summed E-state index contributed by atoms with van der Waals surface area (Å²) >= 11 is 0. The molecule has 1 aromatic rings. The van der Waals surface area contributed by atoms with Gasteiger partial charge in [0.2, 0.25) is 0 Å². The van der Waals surface area contributed by atoms with Crippen molar-refractivity contribution in [1.82, 2.24) is 4.98 Å². The highest BCUT2D eigenvalue weighted by molar-refractivity contribution is 5.76. The Hall–Kier alpha value is -2.09. The number of anilines is 1. The smallest absolute Gasteiger partial charge is 0.325 e. The van der Waals surface area contributed by atoms with Gasteiger partial charge in [0, 0.05) is 13.2 Å². The molecule has 0 aliphatic carbocycles. The van der Waals surface area contributed by atoms with E-state index in [0.29, 0.717) is 17.9 Å². The van der Waals surface area contributed by atoms with E-state index in [1.807, 2.05) is 6.07 Å². The number of likely N-dealkylation sites (N-methyl/N-ethyl adjacent to an activating group) is 1. The van der Waals surface area contributed by atoms with Crippen molar-refractivity contribution >= 4 is 11.7 Å². The minimum Gasteiger partial charge on any atom is -0.465 e. The van der Waals surface area contributed by atoms with Gasteiger partial charge in [-0.1, -0.05) is 0 Å². The summed E-state index contributed by atoms with van der Waals surface area (Å²) in [5.41, 5.74) is 1.11. The first-order valence-electron chi connectivity index (χ1n) is 4.90. The highest BCUT2D eigenvalue weighted by Crippen LogP contribution is 2.16. The third-order valence-electron chi connectivity index (χ3n) is 2.00. The molecule has 16 heavy (non-hydrogen) atoms. The fourth-order valence-corrected chi connectivity index (χ4v) is 1.27. The van der Waals surface area contributed by atoms with Gasteiger partial charge in [0.25, 0.3) is 0 Å². The van der Waals surface area contributed by atoms with Crippen LogP contribution in [0.4, 0.5) is 5.69 Å². The summed E-state index contributed by atoms with van der Waals surface area (Å²) in [6.45, 7) is 2.21. The van der Waals surface area contributed by atoms with Crippen molar-refractivity contribution < 1.29 is 9.53 Å². The molecular weight excluding hydrogens is 206 g/mol. The average Bonchev–Trinajstić information content (AvgIpc) is 2.29. The van der Waals surface area contributed by atoms with Gasteiger partial charge in [-0.25, -0.2) is 0 Å². The summed E-state index contributed by atoms with van der Waals surface area (Å²) in [6.07, 6.45) is 3.10. The van der Waals surface area contributed by atoms with Gasteiger partial charge in [0.15, 0.2) is 0 Å². The normalized spacial score (nSPS) is 9.31. The fourth-order valence-electron chi connectivity index (χ4n) is 1.27. The van der Waals surface area contributed by atoms with Crippen molar-refractivity contribution in [2.45, 2.75) is 6.92 Å². The zero-order chi connectivity index (χ0) is 12.0. The van der Waals surface area contributed by atoms with Gasteiger partial charge in [0.05, 0.1) is 24.1 Å². The van der Waals surface area contributed by atoms with E-state index < -0.39 is 0 Å². The molecule has 0 saturated carbocycles. The first-order valence-corrected chi connectivity index (χ1v) is 4.90. The van der Waals surface area contributed by atoms with Gasteiger partial charge in [-0.2, -0.15) is 5.26 Å². The Kier molecular flexibility index (Phi) is 4.28. The van der Waals surface area contributed by atoms with Crippen molar-refractivity contribution in [2.24, 2.45) is 0 Å². The summed E-state index contributed by atoms with van der Waals surface area (Å²) in [5, 5.41) is 8.88. The molecule has 0 spiro atoms. The first kappa shape index (κ1) is 12.0. The molecule has 1 rings (SSSR count). The minimum atomic E-state index is -0.322. The molecule has 5 heteroatoms. The first-order chi connectivity index (χ1) is 7.69. The van der Waals surface area contributed by atoms with E-state index in [1.165, 1.54) is 0 Å². The number of carbonyl (C=O) groups excluding carboxylic acids is 1. The number of rotatable bonds is 4. The number of nitriles is 1. The maximum absolute atomic E-state index is 11.3. The molecule has 0 amide bonds. The lowest BCUT2D eigenvalue weighted by Crippen LogP contribution is -2.27. The summed E-state index contributed by atoms with van der Waals surface area (Å²) in [6, 6.07) is 3.66. The number of hydrogen-bond donors (Lipinski definition) is 0. The van der Waals surface area contributed by atoms with Crippen LogP contribution in [0.2, 0.25) is 0 Å². The second-order valence-electron chi connectivity index (χ2n) is 3.17. The van der Waals surface area contributed by atoms with E-state index in [-0.39, 0.29) is 12.5 Å². The van der Waals surface area contributed by atoms with Crippen LogP contribution in [-0.2, 0) is 9.53 Å². The molecule has 0 aromatic carbocycles. The maximum Gasteiger partial charge on any atom is 0.325 e. The number of nitrogens with zero attached hydrogens (tertiary/aromatic N) is 3. The maximum atomic E-state index is 11.3. The summed E-state index contributed by atoms with van der Waals surface area (Å²) in [5.74, 6) is -0.322. The third-order valence-corrected chi connectivity index (χ3v) is 2.00. The number of esters is 1. The number of carbonyl (C=O) groups is 1. The van der Waals surface area contributed by atoms with Crippen molar-refractivity contribution in [3.05, 3.63) is 24.0 Å². The number of aromatic nitrogens is 1. The monoisotopic (exact) mass is 219 g/mol. The standard InChI is InChI=1S/C11H13N3O2/c1-3-16-11(15)8-14(2)10-7-13-5-4-9(10)6-12/h4-5,7H,3,8H2,1-2H3.